The third-order valence-electron chi connectivity index (χ3n) is 6.49. The second-order valence-corrected chi connectivity index (χ2v) is 10.4. The number of thioether (sulfide) groups is 1. The Kier molecular flexibility index (Phi) is 5.24. The number of hydrogen-bond donors (Lipinski definition) is 0. The van der Waals surface area contributed by atoms with E-state index in [-0.39, 0.29) is 11.7 Å². The molecule has 3 aromatic heterocycles. The third-order valence-corrected chi connectivity index (χ3v) is 8.31. The van der Waals surface area contributed by atoms with Crippen molar-refractivity contribution in [3.63, 3.8) is 0 Å². The van der Waals surface area contributed by atoms with Crippen molar-refractivity contribution in [1.29, 1.82) is 0 Å². The van der Waals surface area contributed by atoms with Crippen LogP contribution in [0, 0.1) is 13.8 Å². The molecule has 0 amide bonds. The van der Waals surface area contributed by atoms with Gasteiger partial charge in [-0.25, -0.2) is 4.98 Å². The van der Waals surface area contributed by atoms with Crippen LogP contribution < -0.4 is 5.56 Å². The van der Waals surface area contributed by atoms with Gasteiger partial charge in [-0.15, -0.1) is 11.3 Å². The van der Waals surface area contributed by atoms with Crippen LogP contribution in [0.1, 0.15) is 29.8 Å². The van der Waals surface area contributed by atoms with Gasteiger partial charge in [0.15, 0.2) is 5.16 Å². The molecule has 1 atom stereocenters. The maximum absolute atomic E-state index is 13.6. The number of fused-ring (bicyclic) bond motifs is 2. The summed E-state index contributed by atoms with van der Waals surface area (Å²) in [6.45, 7) is 5.99. The molecule has 4 aromatic rings. The van der Waals surface area contributed by atoms with Gasteiger partial charge in [-0.3, -0.25) is 4.79 Å². The number of benzene rings is 1. The summed E-state index contributed by atoms with van der Waals surface area (Å²) < 4.78 is 9.68. The Morgan fingerprint density at radius 2 is 2.03 bits per heavy atom. The molecule has 2 aliphatic heterocycles. The average molecular weight is 477 g/mol. The normalized spacial score (nSPS) is 18.0. The Labute approximate surface area is 199 Å². The zero-order valence-electron chi connectivity index (χ0n) is 18.6. The first-order chi connectivity index (χ1) is 16.1. The average Bonchev–Trinajstić information content (AvgIpc) is 3.56. The first kappa shape index (κ1) is 20.9. The van der Waals surface area contributed by atoms with Gasteiger partial charge in [-0.1, -0.05) is 42.1 Å². The summed E-state index contributed by atoms with van der Waals surface area (Å²) in [6.07, 6.45) is 2.52. The lowest BCUT2D eigenvalue weighted by Gasteiger charge is -2.17. The third kappa shape index (κ3) is 3.57. The maximum atomic E-state index is 13.6. The van der Waals surface area contributed by atoms with Gasteiger partial charge in [-0.05, 0) is 38.3 Å². The highest BCUT2D eigenvalue weighted by Crippen LogP contribution is 2.33. The van der Waals surface area contributed by atoms with Gasteiger partial charge < -0.3 is 9.30 Å². The lowest BCUT2D eigenvalue weighted by Crippen LogP contribution is -2.26. The molecule has 5 heterocycles. The fourth-order valence-corrected chi connectivity index (χ4v) is 6.63. The largest absolute Gasteiger partial charge is 0.376 e. The highest BCUT2D eigenvalue weighted by Gasteiger charge is 2.25. The van der Waals surface area contributed by atoms with E-state index in [0.29, 0.717) is 16.3 Å². The molecule has 0 bridgehead atoms. The van der Waals surface area contributed by atoms with Crippen LogP contribution in [0.25, 0.3) is 21.3 Å². The molecule has 1 unspecified atom stereocenters. The highest BCUT2D eigenvalue weighted by atomic mass is 32.2. The first-order valence-electron chi connectivity index (χ1n) is 11.2. The molecule has 6 rings (SSSR count). The minimum atomic E-state index is -0.104. The first-order valence-corrected chi connectivity index (χ1v) is 13.1. The highest BCUT2D eigenvalue weighted by molar-refractivity contribution is 7.99. The fraction of sp³-hybridized carbons (Fsp3) is 0.320. The molecule has 0 spiro atoms. The van der Waals surface area contributed by atoms with Crippen molar-refractivity contribution >= 4 is 39.0 Å². The number of aryl methyl sites for hydroxylation is 1. The molecular formula is C25H24N4O2S2. The van der Waals surface area contributed by atoms with Crippen LogP contribution in [0.5, 0.6) is 0 Å². The quantitative estimate of drug-likeness (QED) is 0.386. The minimum absolute atomic E-state index is 0.104. The van der Waals surface area contributed by atoms with Gasteiger partial charge in [0, 0.05) is 46.8 Å². The van der Waals surface area contributed by atoms with E-state index in [0.717, 1.165) is 53.2 Å². The zero-order chi connectivity index (χ0) is 22.5. The van der Waals surface area contributed by atoms with Gasteiger partial charge >= 0.3 is 0 Å². The van der Waals surface area contributed by atoms with Crippen LogP contribution in [0.15, 0.2) is 56.8 Å². The molecule has 0 N–H and O–H groups in total. The number of thiophene rings is 1. The van der Waals surface area contributed by atoms with Crippen molar-refractivity contribution in [2.24, 2.45) is 5.10 Å². The van der Waals surface area contributed by atoms with Crippen molar-refractivity contribution in [1.82, 2.24) is 14.2 Å². The predicted octanol–water partition coefficient (Wildman–Crippen LogP) is 5.08. The molecule has 0 saturated carbocycles. The van der Waals surface area contributed by atoms with Gasteiger partial charge in [0.05, 0.1) is 17.2 Å². The Morgan fingerprint density at radius 3 is 2.82 bits per heavy atom. The van der Waals surface area contributed by atoms with Crippen LogP contribution in [-0.4, -0.2) is 38.4 Å². The molecule has 0 radical (unpaired) electrons. The molecule has 8 heteroatoms. The van der Waals surface area contributed by atoms with Crippen LogP contribution in [-0.2, 0) is 11.3 Å². The van der Waals surface area contributed by atoms with E-state index in [1.165, 1.54) is 27.4 Å². The maximum Gasteiger partial charge on any atom is 0.284 e. The van der Waals surface area contributed by atoms with Crippen LogP contribution >= 0.6 is 23.1 Å². The van der Waals surface area contributed by atoms with Crippen LogP contribution in [0.4, 0.5) is 0 Å². The van der Waals surface area contributed by atoms with Crippen molar-refractivity contribution in [3.8, 4) is 11.1 Å². The van der Waals surface area contributed by atoms with E-state index in [9.17, 15) is 4.79 Å². The van der Waals surface area contributed by atoms with E-state index in [2.05, 4.69) is 24.5 Å². The second-order valence-electron chi connectivity index (χ2n) is 8.57. The molecular weight excluding hydrogens is 452 g/mol. The van der Waals surface area contributed by atoms with E-state index in [1.807, 2.05) is 35.7 Å². The van der Waals surface area contributed by atoms with Gasteiger partial charge in [0.1, 0.15) is 4.83 Å². The van der Waals surface area contributed by atoms with Gasteiger partial charge in [-0.2, -0.15) is 9.78 Å². The monoisotopic (exact) mass is 476 g/mol. The molecule has 6 nitrogen and oxygen atoms in total. The van der Waals surface area contributed by atoms with E-state index in [1.54, 1.807) is 11.8 Å². The molecule has 0 aliphatic carbocycles. The predicted molar refractivity (Wildman–Crippen MR) is 135 cm³/mol. The molecule has 1 fully saturated rings. The summed E-state index contributed by atoms with van der Waals surface area (Å²) in [5, 5.41) is 8.15. The molecule has 33 heavy (non-hydrogen) atoms. The van der Waals surface area contributed by atoms with Crippen LogP contribution in [0.3, 0.4) is 0 Å². The summed E-state index contributed by atoms with van der Waals surface area (Å²) in [4.78, 5) is 19.1. The number of hydrogen-bond acceptors (Lipinski definition) is 6. The smallest absolute Gasteiger partial charge is 0.284 e. The Morgan fingerprint density at radius 1 is 1.18 bits per heavy atom. The van der Waals surface area contributed by atoms with Crippen molar-refractivity contribution < 1.29 is 4.74 Å². The van der Waals surface area contributed by atoms with E-state index >= 15 is 0 Å². The summed E-state index contributed by atoms with van der Waals surface area (Å²) in [7, 11) is 0. The van der Waals surface area contributed by atoms with Gasteiger partial charge in [0.2, 0.25) is 0 Å². The Hall–Kier alpha value is -2.68. The number of nitrogens with zero attached hydrogens (tertiary/aromatic N) is 4. The fourth-order valence-electron chi connectivity index (χ4n) is 4.76. The summed E-state index contributed by atoms with van der Waals surface area (Å²) in [5.74, 6) is 0.694. The van der Waals surface area contributed by atoms with Crippen LogP contribution in [0.2, 0.25) is 0 Å². The molecule has 1 aromatic carbocycles. The Balaban J connectivity index is 1.43. The van der Waals surface area contributed by atoms with E-state index in [4.69, 9.17) is 14.8 Å². The van der Waals surface area contributed by atoms with Crippen molar-refractivity contribution in [2.75, 3.05) is 12.4 Å². The zero-order valence-corrected chi connectivity index (χ0v) is 20.2. The summed E-state index contributed by atoms with van der Waals surface area (Å²) in [6, 6.07) is 12.2. The number of aromatic nitrogens is 3. The Bertz CT molecular complexity index is 1440. The molecule has 1 saturated heterocycles. The lowest BCUT2D eigenvalue weighted by molar-refractivity contribution is 0.0962. The summed E-state index contributed by atoms with van der Waals surface area (Å²) in [5.41, 5.74) is 6.23. The van der Waals surface area contributed by atoms with E-state index < -0.39 is 0 Å². The van der Waals surface area contributed by atoms with Gasteiger partial charge in [0.25, 0.3) is 5.56 Å². The number of rotatable bonds is 4. The van der Waals surface area contributed by atoms with Crippen molar-refractivity contribution in [3.05, 3.63) is 69.1 Å². The topological polar surface area (TPSA) is 61.4 Å². The molecule has 168 valence electrons. The second kappa shape index (κ2) is 8.27. The SMILES string of the molecule is Cc1cc(C2=Nn3c(nc4scc(-c5ccccc5)c4c3=O)SC2)c(C)n1CC1CCCO1. The standard InChI is InChI=1S/C25H24N4O2S2/c1-15-11-19(16(2)28(15)12-18-9-6-10-31-18)21-14-33-25-26-23-22(24(30)29(25)27-21)20(13-32-23)17-7-4-3-5-8-17/h3-5,7-8,11,13,18H,6,9-10,12,14H2,1-2H3. The summed E-state index contributed by atoms with van der Waals surface area (Å²) >= 11 is 3.09. The lowest BCUT2D eigenvalue weighted by atomic mass is 10.1. The number of ether oxygens (including phenoxy) is 1. The minimum Gasteiger partial charge on any atom is -0.376 e. The van der Waals surface area contributed by atoms with Crippen molar-refractivity contribution in [2.45, 2.75) is 44.5 Å². The molecule has 2 aliphatic rings.